The highest BCUT2D eigenvalue weighted by molar-refractivity contribution is 5.47. The number of nitrogens with zero attached hydrogens (tertiary/aromatic N) is 2. The van der Waals surface area contributed by atoms with Crippen LogP contribution in [0, 0.1) is 28.1 Å². The minimum atomic E-state index is -0.467. The predicted octanol–water partition coefficient (Wildman–Crippen LogP) is 1.05. The minimum absolute atomic E-state index is 0.0371. The number of hydrogen-bond acceptors (Lipinski definition) is 3. The van der Waals surface area contributed by atoms with Gasteiger partial charge in [0.25, 0.3) is 0 Å². The van der Waals surface area contributed by atoms with Gasteiger partial charge in [0.2, 0.25) is 6.41 Å². The molecule has 0 unspecified atom stereocenters. The molecule has 3 aliphatic rings. The lowest BCUT2D eigenvalue weighted by Crippen LogP contribution is -2.57. The number of amides is 1. The van der Waals surface area contributed by atoms with E-state index in [0.29, 0.717) is 12.3 Å². The van der Waals surface area contributed by atoms with Gasteiger partial charge in [0.05, 0.1) is 6.07 Å². The fraction of sp³-hybridized carbons (Fsp3) is 0.833. The first-order valence-corrected chi connectivity index (χ1v) is 5.93. The van der Waals surface area contributed by atoms with Crippen molar-refractivity contribution < 1.29 is 4.79 Å². The molecule has 0 spiro atoms. The van der Waals surface area contributed by atoms with Crippen molar-refractivity contribution in [2.45, 2.75) is 38.6 Å². The van der Waals surface area contributed by atoms with Crippen LogP contribution in [-0.4, -0.2) is 23.5 Å². The quantitative estimate of drug-likeness (QED) is 0.706. The smallest absolute Gasteiger partial charge is 0.221 e. The van der Waals surface area contributed by atoms with E-state index in [0.717, 1.165) is 19.4 Å². The second kappa shape index (κ2) is 2.60. The zero-order chi connectivity index (χ0) is 11.6. The van der Waals surface area contributed by atoms with Crippen LogP contribution in [0.1, 0.15) is 33.1 Å². The van der Waals surface area contributed by atoms with Gasteiger partial charge in [-0.1, -0.05) is 13.8 Å². The molecule has 4 atom stereocenters. The first-order chi connectivity index (χ1) is 7.54. The van der Waals surface area contributed by atoms with Gasteiger partial charge >= 0.3 is 0 Å². The van der Waals surface area contributed by atoms with Gasteiger partial charge in [0.1, 0.15) is 5.54 Å². The summed E-state index contributed by atoms with van der Waals surface area (Å²) in [6.45, 7) is 5.34. The molecule has 1 amide bonds. The summed E-state index contributed by atoms with van der Waals surface area (Å²) >= 11 is 0. The lowest BCUT2D eigenvalue weighted by molar-refractivity contribution is -0.116. The predicted molar refractivity (Wildman–Crippen MR) is 57.8 cm³/mol. The molecule has 3 rings (SSSR count). The van der Waals surface area contributed by atoms with Crippen molar-refractivity contribution in [3.05, 3.63) is 0 Å². The summed E-state index contributed by atoms with van der Waals surface area (Å²) in [5.41, 5.74) is 2.50. The summed E-state index contributed by atoms with van der Waals surface area (Å²) < 4.78 is 0. The monoisotopic (exact) mass is 219 g/mol. The maximum Gasteiger partial charge on any atom is 0.221 e. The number of hydrazine groups is 1. The second-order valence-electron chi connectivity index (χ2n) is 5.99. The fourth-order valence-corrected chi connectivity index (χ4v) is 4.73. The van der Waals surface area contributed by atoms with Crippen LogP contribution in [0.15, 0.2) is 0 Å². The normalized spacial score (nSPS) is 53.9. The van der Waals surface area contributed by atoms with Crippen molar-refractivity contribution in [2.75, 3.05) is 6.54 Å². The van der Waals surface area contributed by atoms with Gasteiger partial charge in [-0.3, -0.25) is 10.2 Å². The molecule has 86 valence electrons. The highest BCUT2D eigenvalue weighted by Crippen LogP contribution is 2.75. The summed E-state index contributed by atoms with van der Waals surface area (Å²) in [6, 6.07) is 2.51. The molecule has 1 aliphatic heterocycles. The Hall–Kier alpha value is -1.08. The molecule has 0 aromatic heterocycles. The van der Waals surface area contributed by atoms with E-state index >= 15 is 0 Å². The Labute approximate surface area is 95.6 Å². The molecule has 0 aromatic carbocycles. The number of carbonyl (C=O) groups is 1. The third-order valence-corrected chi connectivity index (χ3v) is 5.95. The highest BCUT2D eigenvalue weighted by atomic mass is 16.1. The van der Waals surface area contributed by atoms with E-state index in [9.17, 15) is 10.1 Å². The van der Waals surface area contributed by atoms with E-state index in [1.165, 1.54) is 6.42 Å². The Kier molecular flexibility index (Phi) is 1.64. The van der Waals surface area contributed by atoms with Crippen molar-refractivity contribution >= 4 is 6.41 Å². The van der Waals surface area contributed by atoms with Crippen LogP contribution < -0.4 is 5.43 Å². The van der Waals surface area contributed by atoms with Gasteiger partial charge < -0.3 is 0 Å². The lowest BCUT2D eigenvalue weighted by atomic mass is 9.66. The van der Waals surface area contributed by atoms with Gasteiger partial charge in [-0.25, -0.2) is 5.01 Å². The summed E-state index contributed by atoms with van der Waals surface area (Å²) in [6.07, 6.45) is 3.96. The summed E-state index contributed by atoms with van der Waals surface area (Å²) in [7, 11) is 0. The second-order valence-corrected chi connectivity index (χ2v) is 5.99. The Morgan fingerprint density at radius 2 is 2.31 bits per heavy atom. The molecular weight excluding hydrogens is 202 g/mol. The number of hydrogen-bond donors (Lipinski definition) is 1. The zero-order valence-corrected chi connectivity index (χ0v) is 9.79. The van der Waals surface area contributed by atoms with Gasteiger partial charge in [0.15, 0.2) is 0 Å². The molecule has 1 heterocycles. The summed E-state index contributed by atoms with van der Waals surface area (Å²) in [5, 5.41) is 11.5. The number of rotatable bonds is 2. The van der Waals surface area contributed by atoms with Crippen molar-refractivity contribution in [3.8, 4) is 6.07 Å². The number of nitriles is 1. The van der Waals surface area contributed by atoms with Crippen LogP contribution in [0.25, 0.3) is 0 Å². The molecule has 0 aromatic rings. The topological polar surface area (TPSA) is 56.1 Å². The average molecular weight is 219 g/mol. The Bertz CT molecular complexity index is 404. The number of piperidine rings is 1. The SMILES string of the molecule is C[C@@]12CC[C@@H]3C[C@@]1(C#N)N(NC=O)C[C@@]32C. The van der Waals surface area contributed by atoms with Gasteiger partial charge in [-0.05, 0) is 30.6 Å². The molecule has 16 heavy (non-hydrogen) atoms. The molecule has 4 nitrogen and oxygen atoms in total. The van der Waals surface area contributed by atoms with Gasteiger partial charge in [0, 0.05) is 12.0 Å². The molecule has 0 radical (unpaired) electrons. The van der Waals surface area contributed by atoms with E-state index in [1.54, 1.807) is 0 Å². The lowest BCUT2D eigenvalue weighted by Gasteiger charge is -2.42. The largest absolute Gasteiger partial charge is 0.290 e. The van der Waals surface area contributed by atoms with E-state index in [4.69, 9.17) is 0 Å². The third-order valence-electron chi connectivity index (χ3n) is 5.95. The maximum atomic E-state index is 10.6. The van der Waals surface area contributed by atoms with Crippen molar-refractivity contribution in [1.82, 2.24) is 10.4 Å². The van der Waals surface area contributed by atoms with Crippen LogP contribution in [-0.2, 0) is 4.79 Å². The van der Waals surface area contributed by atoms with Crippen molar-refractivity contribution in [2.24, 2.45) is 16.7 Å². The Morgan fingerprint density at radius 1 is 1.56 bits per heavy atom. The van der Waals surface area contributed by atoms with E-state index in [2.05, 4.69) is 25.3 Å². The first kappa shape index (κ1) is 10.1. The van der Waals surface area contributed by atoms with Crippen molar-refractivity contribution in [3.63, 3.8) is 0 Å². The summed E-state index contributed by atoms with van der Waals surface area (Å²) in [4.78, 5) is 10.6. The molecule has 2 saturated carbocycles. The number of nitrogens with one attached hydrogen (secondary N) is 1. The van der Waals surface area contributed by atoms with Crippen LogP contribution in [0.4, 0.5) is 0 Å². The first-order valence-electron chi connectivity index (χ1n) is 5.93. The Morgan fingerprint density at radius 3 is 2.88 bits per heavy atom. The maximum absolute atomic E-state index is 10.6. The summed E-state index contributed by atoms with van der Waals surface area (Å²) in [5.74, 6) is 0.654. The molecule has 1 saturated heterocycles. The van der Waals surface area contributed by atoms with E-state index in [-0.39, 0.29) is 10.8 Å². The molecule has 2 aliphatic carbocycles. The Balaban J connectivity index is 2.12. The molecule has 1 N–H and O–H groups in total. The van der Waals surface area contributed by atoms with Gasteiger partial charge in [-0.15, -0.1) is 0 Å². The molecular formula is C12H17N3O. The van der Waals surface area contributed by atoms with Crippen LogP contribution in [0.3, 0.4) is 0 Å². The zero-order valence-electron chi connectivity index (χ0n) is 9.79. The van der Waals surface area contributed by atoms with E-state index in [1.807, 2.05) is 5.01 Å². The average Bonchev–Trinajstić information content (AvgIpc) is 2.69. The van der Waals surface area contributed by atoms with Crippen LogP contribution in [0.5, 0.6) is 0 Å². The third kappa shape index (κ3) is 0.708. The standard InChI is InChI=1S/C12H17N3O/c1-10-7-15(14-8-16)12(6-13)5-9(10)3-4-11(10,12)2/h8-9H,3-5,7H2,1-2H3,(H,14,16)/t9-,10+,11+,12+/m1/s1. The molecule has 4 bridgehead atoms. The van der Waals surface area contributed by atoms with Gasteiger partial charge in [-0.2, -0.15) is 5.26 Å². The fourth-order valence-electron chi connectivity index (χ4n) is 4.73. The minimum Gasteiger partial charge on any atom is -0.290 e. The molecule has 3 fully saturated rings. The van der Waals surface area contributed by atoms with Crippen LogP contribution >= 0.6 is 0 Å². The van der Waals surface area contributed by atoms with Crippen LogP contribution in [0.2, 0.25) is 0 Å². The highest BCUT2D eigenvalue weighted by Gasteiger charge is 2.78. The molecule has 4 heteroatoms. The number of carbonyl (C=O) groups excluding carboxylic acids is 1. The van der Waals surface area contributed by atoms with E-state index < -0.39 is 5.54 Å². The van der Waals surface area contributed by atoms with Crippen molar-refractivity contribution in [1.29, 1.82) is 5.26 Å².